The number of primary amides is 1. The Morgan fingerprint density at radius 3 is 2.76 bits per heavy atom. The number of hydrogen-bond acceptors (Lipinski definition) is 4. The van der Waals surface area contributed by atoms with Crippen LogP contribution >= 0.6 is 23.4 Å². The zero-order valence-electron chi connectivity index (χ0n) is 11.2. The predicted molar refractivity (Wildman–Crippen MR) is 86.8 cm³/mol. The number of carbonyl (C=O) groups excluding carboxylic acids is 1. The van der Waals surface area contributed by atoms with E-state index in [1.165, 1.54) is 11.8 Å². The molecule has 0 fully saturated rings. The van der Waals surface area contributed by atoms with E-state index in [-0.39, 0.29) is 17.4 Å². The highest BCUT2D eigenvalue weighted by atomic mass is 35.5. The molecule has 0 aliphatic heterocycles. The Kier molecular flexibility index (Phi) is 5.36. The summed E-state index contributed by atoms with van der Waals surface area (Å²) in [5.74, 6) is -0.0399. The molecule has 1 amide bonds. The predicted octanol–water partition coefficient (Wildman–Crippen LogP) is 3.24. The Morgan fingerprint density at radius 2 is 2.05 bits per heavy atom. The van der Waals surface area contributed by atoms with Crippen LogP contribution in [0.5, 0.6) is 5.75 Å². The van der Waals surface area contributed by atoms with Crippen molar-refractivity contribution < 1.29 is 9.90 Å². The standard InChI is InChI=1S/C15H15ClN2O2S/c16-11-7-10(5-6-13(11)19)8-18-12-3-1-2-4-14(12)21-9-15(17)20/h1-7,18-19H,8-9H2,(H2,17,20). The summed E-state index contributed by atoms with van der Waals surface area (Å²) in [5, 5.41) is 13.0. The molecular formula is C15H15ClN2O2S. The molecule has 0 aliphatic carbocycles. The minimum Gasteiger partial charge on any atom is -0.506 e. The second-order valence-electron chi connectivity index (χ2n) is 4.39. The molecule has 0 bridgehead atoms. The number of phenols is 1. The molecule has 0 saturated heterocycles. The zero-order valence-corrected chi connectivity index (χ0v) is 12.7. The number of rotatable bonds is 6. The number of phenolic OH excluding ortho intramolecular Hbond substituents is 1. The van der Waals surface area contributed by atoms with Gasteiger partial charge < -0.3 is 16.2 Å². The van der Waals surface area contributed by atoms with Crippen molar-refractivity contribution in [1.29, 1.82) is 0 Å². The van der Waals surface area contributed by atoms with Crippen LogP contribution < -0.4 is 11.1 Å². The average molecular weight is 323 g/mol. The third-order valence-electron chi connectivity index (χ3n) is 2.75. The minimum absolute atomic E-state index is 0.0674. The molecule has 6 heteroatoms. The summed E-state index contributed by atoms with van der Waals surface area (Å²) < 4.78 is 0. The average Bonchev–Trinajstić information content (AvgIpc) is 2.47. The lowest BCUT2D eigenvalue weighted by molar-refractivity contribution is -0.115. The topological polar surface area (TPSA) is 75.4 Å². The van der Waals surface area contributed by atoms with E-state index in [0.717, 1.165) is 16.1 Å². The molecule has 21 heavy (non-hydrogen) atoms. The summed E-state index contributed by atoms with van der Waals surface area (Å²) in [6.45, 7) is 0.564. The maximum absolute atomic E-state index is 10.9. The highest BCUT2D eigenvalue weighted by Crippen LogP contribution is 2.28. The van der Waals surface area contributed by atoms with Crippen LogP contribution in [0.4, 0.5) is 5.69 Å². The third kappa shape index (κ3) is 4.58. The van der Waals surface area contributed by atoms with Gasteiger partial charge >= 0.3 is 0 Å². The molecule has 2 aromatic rings. The van der Waals surface area contributed by atoms with Gasteiger partial charge in [-0.15, -0.1) is 11.8 Å². The number of carbonyl (C=O) groups is 1. The monoisotopic (exact) mass is 322 g/mol. The van der Waals surface area contributed by atoms with Gasteiger partial charge in [-0.1, -0.05) is 29.8 Å². The van der Waals surface area contributed by atoms with Gasteiger partial charge in [0.05, 0.1) is 10.8 Å². The summed E-state index contributed by atoms with van der Waals surface area (Å²) in [5.41, 5.74) is 7.04. The molecule has 0 aliphatic rings. The lowest BCUT2D eigenvalue weighted by Crippen LogP contribution is -2.13. The fourth-order valence-corrected chi connectivity index (χ4v) is 2.72. The van der Waals surface area contributed by atoms with Gasteiger partial charge in [0.2, 0.25) is 5.91 Å². The molecule has 4 N–H and O–H groups in total. The number of thioether (sulfide) groups is 1. The Hall–Kier alpha value is -1.85. The molecule has 0 saturated carbocycles. The molecule has 0 atom stereocenters. The van der Waals surface area contributed by atoms with Crippen LogP contribution in [-0.2, 0) is 11.3 Å². The number of hydrogen-bond donors (Lipinski definition) is 3. The Balaban J connectivity index is 2.05. The van der Waals surface area contributed by atoms with Crippen molar-refractivity contribution in [2.45, 2.75) is 11.4 Å². The van der Waals surface area contributed by atoms with Gasteiger partial charge in [-0.2, -0.15) is 0 Å². The zero-order chi connectivity index (χ0) is 15.2. The van der Waals surface area contributed by atoms with Crippen molar-refractivity contribution in [3.63, 3.8) is 0 Å². The summed E-state index contributed by atoms with van der Waals surface area (Å²) >= 11 is 7.27. The highest BCUT2D eigenvalue weighted by Gasteiger charge is 2.05. The van der Waals surface area contributed by atoms with Crippen LogP contribution in [0.3, 0.4) is 0 Å². The Morgan fingerprint density at radius 1 is 1.29 bits per heavy atom. The first kappa shape index (κ1) is 15.5. The summed E-state index contributed by atoms with van der Waals surface area (Å²) in [7, 11) is 0. The number of nitrogens with one attached hydrogen (secondary N) is 1. The van der Waals surface area contributed by atoms with Gasteiger partial charge in [0.15, 0.2) is 0 Å². The van der Waals surface area contributed by atoms with Gasteiger partial charge in [0, 0.05) is 17.1 Å². The normalized spacial score (nSPS) is 10.3. The van der Waals surface area contributed by atoms with E-state index in [1.54, 1.807) is 18.2 Å². The number of anilines is 1. The van der Waals surface area contributed by atoms with Crippen LogP contribution in [0.1, 0.15) is 5.56 Å². The molecule has 0 radical (unpaired) electrons. The molecule has 0 aromatic heterocycles. The van der Waals surface area contributed by atoms with Crippen molar-refractivity contribution in [1.82, 2.24) is 0 Å². The number of halogens is 1. The largest absolute Gasteiger partial charge is 0.506 e. The van der Waals surface area contributed by atoms with Gasteiger partial charge in [-0.25, -0.2) is 0 Å². The smallest absolute Gasteiger partial charge is 0.227 e. The Bertz CT molecular complexity index is 649. The summed E-state index contributed by atoms with van der Waals surface area (Å²) in [4.78, 5) is 11.8. The van der Waals surface area contributed by atoms with Crippen LogP contribution in [0.25, 0.3) is 0 Å². The summed E-state index contributed by atoms with van der Waals surface area (Å²) in [6.07, 6.45) is 0. The van der Waals surface area contributed by atoms with Crippen molar-refractivity contribution in [3.8, 4) is 5.75 Å². The van der Waals surface area contributed by atoms with Crippen molar-refractivity contribution in [2.75, 3.05) is 11.1 Å². The van der Waals surface area contributed by atoms with E-state index in [4.69, 9.17) is 17.3 Å². The van der Waals surface area contributed by atoms with Gasteiger partial charge in [0.1, 0.15) is 5.75 Å². The fourth-order valence-electron chi connectivity index (χ4n) is 1.75. The van der Waals surface area contributed by atoms with Crippen LogP contribution in [0.15, 0.2) is 47.4 Å². The molecule has 4 nitrogen and oxygen atoms in total. The van der Waals surface area contributed by atoms with Gasteiger partial charge in [-0.05, 0) is 29.8 Å². The molecule has 0 heterocycles. The lowest BCUT2D eigenvalue weighted by atomic mass is 10.2. The van der Waals surface area contributed by atoms with E-state index >= 15 is 0 Å². The number of amides is 1. The maximum Gasteiger partial charge on any atom is 0.227 e. The lowest BCUT2D eigenvalue weighted by Gasteiger charge is -2.11. The molecule has 2 aromatic carbocycles. The fraction of sp³-hybridized carbons (Fsp3) is 0.133. The van der Waals surface area contributed by atoms with E-state index in [1.807, 2.05) is 24.3 Å². The maximum atomic E-state index is 10.9. The van der Waals surface area contributed by atoms with E-state index in [0.29, 0.717) is 11.6 Å². The van der Waals surface area contributed by atoms with Crippen molar-refractivity contribution in [3.05, 3.63) is 53.1 Å². The second kappa shape index (κ2) is 7.24. The number of aromatic hydroxyl groups is 1. The molecular weight excluding hydrogens is 308 g/mol. The molecule has 2 rings (SSSR count). The van der Waals surface area contributed by atoms with E-state index < -0.39 is 0 Å². The second-order valence-corrected chi connectivity index (χ2v) is 5.81. The SMILES string of the molecule is NC(=O)CSc1ccccc1NCc1ccc(O)c(Cl)c1. The molecule has 110 valence electrons. The Labute approximate surface area is 132 Å². The van der Waals surface area contributed by atoms with Crippen LogP contribution in [-0.4, -0.2) is 16.8 Å². The molecule has 0 spiro atoms. The van der Waals surface area contributed by atoms with Crippen LogP contribution in [0.2, 0.25) is 5.02 Å². The van der Waals surface area contributed by atoms with Crippen LogP contribution in [0, 0.1) is 0 Å². The quantitative estimate of drug-likeness (QED) is 0.714. The van der Waals surface area contributed by atoms with Gasteiger partial charge in [0.25, 0.3) is 0 Å². The minimum atomic E-state index is -0.347. The van der Waals surface area contributed by atoms with Crippen molar-refractivity contribution in [2.24, 2.45) is 5.73 Å². The first-order valence-corrected chi connectivity index (χ1v) is 7.64. The summed E-state index contributed by atoms with van der Waals surface area (Å²) in [6, 6.07) is 12.8. The first-order valence-electron chi connectivity index (χ1n) is 6.27. The number of para-hydroxylation sites is 1. The molecule has 0 unspecified atom stereocenters. The van der Waals surface area contributed by atoms with Gasteiger partial charge in [-0.3, -0.25) is 4.79 Å². The first-order chi connectivity index (χ1) is 10.1. The number of nitrogens with two attached hydrogens (primary N) is 1. The van der Waals surface area contributed by atoms with Crippen molar-refractivity contribution >= 4 is 35.0 Å². The highest BCUT2D eigenvalue weighted by molar-refractivity contribution is 8.00. The van der Waals surface area contributed by atoms with E-state index in [2.05, 4.69) is 5.32 Å². The van der Waals surface area contributed by atoms with E-state index in [9.17, 15) is 9.90 Å². The number of benzene rings is 2. The third-order valence-corrected chi connectivity index (χ3v) is 4.15.